The first-order chi connectivity index (χ1) is 11.1. The van der Waals surface area contributed by atoms with Gasteiger partial charge in [-0.1, -0.05) is 18.2 Å². The molecule has 3 rings (SSSR count). The molecular formula is C17H23N3O2S. The molecule has 0 bridgehead atoms. The number of thioether (sulfide) groups is 1. The summed E-state index contributed by atoms with van der Waals surface area (Å²) in [6, 6.07) is 8.37. The van der Waals surface area contributed by atoms with E-state index in [4.69, 9.17) is 0 Å². The van der Waals surface area contributed by atoms with Crippen molar-refractivity contribution in [2.24, 2.45) is 0 Å². The lowest BCUT2D eigenvalue weighted by Gasteiger charge is -2.29. The molecule has 2 aliphatic rings. The Morgan fingerprint density at radius 2 is 1.87 bits per heavy atom. The highest BCUT2D eigenvalue weighted by Crippen LogP contribution is 2.35. The van der Waals surface area contributed by atoms with Crippen LogP contribution in [0.1, 0.15) is 31.4 Å². The minimum atomic E-state index is -0.0119. The van der Waals surface area contributed by atoms with E-state index in [1.54, 1.807) is 6.92 Å². The van der Waals surface area contributed by atoms with Gasteiger partial charge in [0.05, 0.1) is 6.04 Å². The van der Waals surface area contributed by atoms with Gasteiger partial charge in [0.15, 0.2) is 0 Å². The quantitative estimate of drug-likeness (QED) is 0.859. The summed E-state index contributed by atoms with van der Waals surface area (Å²) >= 11 is 1.85. The van der Waals surface area contributed by atoms with Gasteiger partial charge in [0.1, 0.15) is 0 Å². The zero-order valence-corrected chi connectivity index (χ0v) is 14.3. The molecule has 0 aromatic heterocycles. The van der Waals surface area contributed by atoms with Crippen molar-refractivity contribution in [1.82, 2.24) is 15.1 Å². The van der Waals surface area contributed by atoms with Crippen molar-refractivity contribution in [3.05, 3.63) is 29.8 Å². The number of carbonyl (C=O) groups excluding carboxylic acids is 2. The summed E-state index contributed by atoms with van der Waals surface area (Å²) in [7, 11) is 0. The molecule has 0 saturated carbocycles. The first-order valence-corrected chi connectivity index (χ1v) is 9.16. The van der Waals surface area contributed by atoms with E-state index in [-0.39, 0.29) is 18.0 Å². The second kappa shape index (κ2) is 7.25. The molecule has 0 aliphatic carbocycles. The van der Waals surface area contributed by atoms with Crippen LogP contribution in [0.25, 0.3) is 0 Å². The molecule has 6 heteroatoms. The Kier molecular flexibility index (Phi) is 5.10. The summed E-state index contributed by atoms with van der Waals surface area (Å²) in [5, 5.41) is 3.19. The number of nitrogens with one attached hydrogen (secondary N) is 1. The van der Waals surface area contributed by atoms with Gasteiger partial charge in [0.2, 0.25) is 5.91 Å². The van der Waals surface area contributed by atoms with Crippen molar-refractivity contribution < 1.29 is 9.59 Å². The van der Waals surface area contributed by atoms with E-state index in [9.17, 15) is 9.59 Å². The molecule has 3 amide bonds. The Hall–Kier alpha value is -1.69. The maximum atomic E-state index is 12.6. The summed E-state index contributed by atoms with van der Waals surface area (Å²) in [4.78, 5) is 29.0. The zero-order valence-electron chi connectivity index (χ0n) is 13.5. The lowest BCUT2D eigenvalue weighted by Crippen LogP contribution is -2.44. The van der Waals surface area contributed by atoms with Crippen LogP contribution in [-0.4, -0.2) is 53.7 Å². The minimum Gasteiger partial charge on any atom is -0.341 e. The number of rotatable bonds is 1. The Labute approximate surface area is 141 Å². The molecule has 1 fully saturated rings. The molecule has 23 heavy (non-hydrogen) atoms. The minimum absolute atomic E-state index is 0.0119. The first kappa shape index (κ1) is 16.2. The predicted octanol–water partition coefficient (Wildman–Crippen LogP) is 2.49. The van der Waals surface area contributed by atoms with Crippen LogP contribution in [0.4, 0.5) is 4.79 Å². The van der Waals surface area contributed by atoms with Gasteiger partial charge in [-0.2, -0.15) is 0 Å². The molecule has 124 valence electrons. The molecule has 1 unspecified atom stereocenters. The van der Waals surface area contributed by atoms with Gasteiger partial charge in [0.25, 0.3) is 0 Å². The number of amides is 3. The fourth-order valence-electron chi connectivity index (χ4n) is 3.17. The van der Waals surface area contributed by atoms with E-state index in [1.807, 2.05) is 33.7 Å². The predicted molar refractivity (Wildman–Crippen MR) is 91.5 cm³/mol. The van der Waals surface area contributed by atoms with E-state index in [0.29, 0.717) is 19.6 Å². The molecule has 1 saturated heterocycles. The van der Waals surface area contributed by atoms with Gasteiger partial charge in [-0.05, 0) is 24.5 Å². The third-order valence-electron chi connectivity index (χ3n) is 4.48. The van der Waals surface area contributed by atoms with Crippen LogP contribution in [0.2, 0.25) is 0 Å². The SMILES string of the molecule is CC(=O)N1CCCN(C(=O)NC2CCSc3ccccc32)CC1. The van der Waals surface area contributed by atoms with E-state index < -0.39 is 0 Å². The standard InChI is InChI=1S/C17H23N3O2S/c1-13(21)19-8-4-9-20(11-10-19)17(22)18-15-7-12-23-16-6-3-2-5-14(15)16/h2-3,5-6,15H,4,7-12H2,1H3,(H,18,22). The molecular weight excluding hydrogens is 310 g/mol. The van der Waals surface area contributed by atoms with Crippen LogP contribution in [0.5, 0.6) is 0 Å². The Bertz CT molecular complexity index is 593. The van der Waals surface area contributed by atoms with E-state index in [1.165, 1.54) is 10.5 Å². The number of hydrogen-bond donors (Lipinski definition) is 1. The van der Waals surface area contributed by atoms with Gasteiger partial charge < -0.3 is 15.1 Å². The monoisotopic (exact) mass is 333 g/mol. The Morgan fingerprint density at radius 3 is 2.70 bits per heavy atom. The van der Waals surface area contributed by atoms with Gasteiger partial charge in [-0.15, -0.1) is 11.8 Å². The van der Waals surface area contributed by atoms with E-state index in [0.717, 1.165) is 25.1 Å². The van der Waals surface area contributed by atoms with Crippen LogP contribution in [0.15, 0.2) is 29.2 Å². The van der Waals surface area contributed by atoms with Gasteiger partial charge in [0, 0.05) is 43.8 Å². The number of carbonyl (C=O) groups is 2. The van der Waals surface area contributed by atoms with Crippen molar-refractivity contribution in [1.29, 1.82) is 0 Å². The van der Waals surface area contributed by atoms with Crippen molar-refractivity contribution in [2.75, 3.05) is 31.9 Å². The first-order valence-electron chi connectivity index (χ1n) is 8.18. The average Bonchev–Trinajstić information content (AvgIpc) is 2.81. The highest BCUT2D eigenvalue weighted by Gasteiger charge is 2.25. The van der Waals surface area contributed by atoms with Gasteiger partial charge in [-0.25, -0.2) is 4.79 Å². The summed E-state index contributed by atoms with van der Waals surface area (Å²) in [5.41, 5.74) is 1.22. The largest absolute Gasteiger partial charge is 0.341 e. The molecule has 1 aromatic rings. The fraction of sp³-hybridized carbons (Fsp3) is 0.529. The highest BCUT2D eigenvalue weighted by molar-refractivity contribution is 7.99. The molecule has 0 spiro atoms. The van der Waals surface area contributed by atoms with Crippen LogP contribution in [0, 0.1) is 0 Å². The fourth-order valence-corrected chi connectivity index (χ4v) is 4.29. The van der Waals surface area contributed by atoms with Crippen molar-refractivity contribution >= 4 is 23.7 Å². The lowest BCUT2D eigenvalue weighted by atomic mass is 10.0. The number of hydrogen-bond acceptors (Lipinski definition) is 3. The third kappa shape index (κ3) is 3.80. The van der Waals surface area contributed by atoms with Crippen LogP contribution in [-0.2, 0) is 4.79 Å². The number of fused-ring (bicyclic) bond motifs is 1. The molecule has 1 N–H and O–H groups in total. The summed E-state index contributed by atoms with van der Waals surface area (Å²) in [5.74, 6) is 1.12. The van der Waals surface area contributed by atoms with Crippen LogP contribution < -0.4 is 5.32 Å². The van der Waals surface area contributed by atoms with E-state index >= 15 is 0 Å². The molecule has 5 nitrogen and oxygen atoms in total. The Morgan fingerprint density at radius 1 is 1.13 bits per heavy atom. The molecule has 0 radical (unpaired) electrons. The third-order valence-corrected chi connectivity index (χ3v) is 5.61. The average molecular weight is 333 g/mol. The molecule has 2 aliphatic heterocycles. The molecule has 2 heterocycles. The molecule has 1 atom stereocenters. The van der Waals surface area contributed by atoms with E-state index in [2.05, 4.69) is 17.4 Å². The molecule has 1 aromatic carbocycles. The topological polar surface area (TPSA) is 52.7 Å². The second-order valence-electron chi connectivity index (χ2n) is 6.02. The maximum Gasteiger partial charge on any atom is 0.317 e. The van der Waals surface area contributed by atoms with Crippen LogP contribution >= 0.6 is 11.8 Å². The zero-order chi connectivity index (χ0) is 16.2. The van der Waals surface area contributed by atoms with Crippen LogP contribution in [0.3, 0.4) is 0 Å². The summed E-state index contributed by atoms with van der Waals surface area (Å²) in [6.07, 6.45) is 1.80. The van der Waals surface area contributed by atoms with Gasteiger partial charge in [-0.3, -0.25) is 4.79 Å². The Balaban J connectivity index is 1.63. The number of urea groups is 1. The van der Waals surface area contributed by atoms with Crippen molar-refractivity contribution in [2.45, 2.75) is 30.7 Å². The normalized spacial score (nSPS) is 21.3. The number of nitrogens with zero attached hydrogens (tertiary/aromatic N) is 2. The smallest absolute Gasteiger partial charge is 0.317 e. The van der Waals surface area contributed by atoms with Gasteiger partial charge >= 0.3 is 6.03 Å². The van der Waals surface area contributed by atoms with Crippen molar-refractivity contribution in [3.63, 3.8) is 0 Å². The highest BCUT2D eigenvalue weighted by atomic mass is 32.2. The summed E-state index contributed by atoms with van der Waals surface area (Å²) in [6.45, 7) is 4.27. The van der Waals surface area contributed by atoms with Crippen molar-refractivity contribution in [3.8, 4) is 0 Å². The lowest BCUT2D eigenvalue weighted by molar-refractivity contribution is -0.128. The number of benzene rings is 1. The summed E-state index contributed by atoms with van der Waals surface area (Å²) < 4.78 is 0. The maximum absolute atomic E-state index is 12.6. The second-order valence-corrected chi connectivity index (χ2v) is 7.16.